The standard InChI is InChI=1S/C17H23F2N3O3S/c18-13-5-6-16(14(19)9-13)26(24,25)22-8-2-3-12(11-22)10-21-17(23)15-4-1-7-20-15/h5-6,9,12,15,20H,1-4,7-8,10-11H2,(H,21,23). The summed E-state index contributed by atoms with van der Waals surface area (Å²) in [5.74, 6) is -2.01. The number of hydrogen-bond acceptors (Lipinski definition) is 4. The van der Waals surface area contributed by atoms with Gasteiger partial charge in [0.05, 0.1) is 6.04 Å². The minimum Gasteiger partial charge on any atom is -0.354 e. The number of nitrogens with zero attached hydrogens (tertiary/aromatic N) is 1. The SMILES string of the molecule is O=C(NCC1CCCN(S(=O)(=O)c2ccc(F)cc2F)C1)C1CCCN1. The first-order valence-electron chi connectivity index (χ1n) is 8.84. The molecule has 1 aromatic carbocycles. The molecule has 0 aromatic heterocycles. The third-order valence-corrected chi connectivity index (χ3v) is 6.83. The molecule has 2 heterocycles. The molecule has 1 amide bonds. The lowest BCUT2D eigenvalue weighted by atomic mass is 9.99. The third kappa shape index (κ3) is 4.21. The van der Waals surface area contributed by atoms with Crippen molar-refractivity contribution < 1.29 is 22.0 Å². The summed E-state index contributed by atoms with van der Waals surface area (Å²) in [5, 5.41) is 6.00. The third-order valence-electron chi connectivity index (χ3n) is 4.94. The molecule has 6 nitrogen and oxygen atoms in total. The number of benzene rings is 1. The van der Waals surface area contributed by atoms with Crippen LogP contribution in [0.4, 0.5) is 8.78 Å². The van der Waals surface area contributed by atoms with Gasteiger partial charge in [-0.1, -0.05) is 0 Å². The molecule has 0 bridgehead atoms. The minimum absolute atomic E-state index is 0.0348. The highest BCUT2D eigenvalue weighted by Gasteiger charge is 2.32. The maximum Gasteiger partial charge on any atom is 0.245 e. The summed E-state index contributed by atoms with van der Waals surface area (Å²) in [5.41, 5.74) is 0. The van der Waals surface area contributed by atoms with Crippen LogP contribution in [0, 0.1) is 17.6 Å². The Kier molecular flexibility index (Phi) is 5.89. The molecule has 2 N–H and O–H groups in total. The van der Waals surface area contributed by atoms with Crippen molar-refractivity contribution in [2.24, 2.45) is 5.92 Å². The van der Waals surface area contributed by atoms with Crippen LogP contribution in [-0.2, 0) is 14.8 Å². The van der Waals surface area contributed by atoms with Crippen LogP contribution in [0.15, 0.2) is 23.1 Å². The van der Waals surface area contributed by atoms with E-state index in [0.29, 0.717) is 19.0 Å². The van der Waals surface area contributed by atoms with Gasteiger partial charge in [0, 0.05) is 25.7 Å². The maximum absolute atomic E-state index is 13.9. The van der Waals surface area contributed by atoms with E-state index in [9.17, 15) is 22.0 Å². The van der Waals surface area contributed by atoms with Crippen LogP contribution < -0.4 is 10.6 Å². The fourth-order valence-corrected chi connectivity index (χ4v) is 5.11. The van der Waals surface area contributed by atoms with Crippen molar-refractivity contribution in [2.75, 3.05) is 26.2 Å². The van der Waals surface area contributed by atoms with Crippen molar-refractivity contribution in [3.63, 3.8) is 0 Å². The van der Waals surface area contributed by atoms with Gasteiger partial charge >= 0.3 is 0 Å². The molecule has 0 aliphatic carbocycles. The number of nitrogens with one attached hydrogen (secondary N) is 2. The van der Waals surface area contributed by atoms with E-state index in [1.54, 1.807) is 0 Å². The van der Waals surface area contributed by atoms with Crippen LogP contribution in [0.1, 0.15) is 25.7 Å². The second kappa shape index (κ2) is 7.98. The predicted molar refractivity (Wildman–Crippen MR) is 91.9 cm³/mol. The van der Waals surface area contributed by atoms with E-state index < -0.39 is 26.6 Å². The van der Waals surface area contributed by atoms with E-state index in [1.165, 1.54) is 4.31 Å². The second-order valence-electron chi connectivity index (χ2n) is 6.84. The highest BCUT2D eigenvalue weighted by Crippen LogP contribution is 2.25. The van der Waals surface area contributed by atoms with Gasteiger partial charge in [-0.25, -0.2) is 17.2 Å². The summed E-state index contributed by atoms with van der Waals surface area (Å²) in [6, 6.07) is 2.29. The average Bonchev–Trinajstić information content (AvgIpc) is 3.14. The van der Waals surface area contributed by atoms with Gasteiger partial charge in [-0.2, -0.15) is 4.31 Å². The van der Waals surface area contributed by atoms with Crippen LogP contribution in [0.3, 0.4) is 0 Å². The number of carbonyl (C=O) groups is 1. The smallest absolute Gasteiger partial charge is 0.245 e. The van der Waals surface area contributed by atoms with Crippen LogP contribution in [0.5, 0.6) is 0 Å². The van der Waals surface area contributed by atoms with Crippen LogP contribution >= 0.6 is 0 Å². The number of halogens is 2. The molecule has 144 valence electrons. The molecule has 2 aliphatic heterocycles. The molecule has 9 heteroatoms. The summed E-state index contributed by atoms with van der Waals surface area (Å²) in [7, 11) is -4.03. The highest BCUT2D eigenvalue weighted by molar-refractivity contribution is 7.89. The van der Waals surface area contributed by atoms with Gasteiger partial charge in [0.15, 0.2) is 0 Å². The molecule has 2 aliphatic rings. The van der Waals surface area contributed by atoms with E-state index in [0.717, 1.165) is 37.9 Å². The molecule has 1 aromatic rings. The van der Waals surface area contributed by atoms with E-state index in [2.05, 4.69) is 10.6 Å². The van der Waals surface area contributed by atoms with Crippen molar-refractivity contribution in [2.45, 2.75) is 36.6 Å². The molecule has 0 saturated carbocycles. The molecule has 26 heavy (non-hydrogen) atoms. The van der Waals surface area contributed by atoms with Crippen LogP contribution in [0.2, 0.25) is 0 Å². The fourth-order valence-electron chi connectivity index (χ4n) is 3.51. The summed E-state index contributed by atoms with van der Waals surface area (Å²) < 4.78 is 53.5. The van der Waals surface area contributed by atoms with E-state index in [4.69, 9.17) is 0 Å². The number of carbonyl (C=O) groups excluding carboxylic acids is 1. The highest BCUT2D eigenvalue weighted by atomic mass is 32.2. The largest absolute Gasteiger partial charge is 0.354 e. The lowest BCUT2D eigenvalue weighted by Crippen LogP contribution is -2.46. The van der Waals surface area contributed by atoms with E-state index >= 15 is 0 Å². The first-order valence-corrected chi connectivity index (χ1v) is 10.3. The van der Waals surface area contributed by atoms with Gasteiger partial charge in [0.1, 0.15) is 16.5 Å². The van der Waals surface area contributed by atoms with Crippen LogP contribution in [0.25, 0.3) is 0 Å². The van der Waals surface area contributed by atoms with Gasteiger partial charge in [-0.3, -0.25) is 4.79 Å². The van der Waals surface area contributed by atoms with Crippen molar-refractivity contribution >= 4 is 15.9 Å². The second-order valence-corrected chi connectivity index (χ2v) is 8.75. The maximum atomic E-state index is 13.9. The Morgan fingerprint density at radius 3 is 2.77 bits per heavy atom. The molecule has 0 spiro atoms. The zero-order chi connectivity index (χ0) is 18.7. The summed E-state index contributed by atoms with van der Waals surface area (Å²) >= 11 is 0. The molecule has 2 unspecified atom stereocenters. The molecular formula is C17H23F2N3O3S. The quantitative estimate of drug-likeness (QED) is 0.797. The number of sulfonamides is 1. The Labute approximate surface area is 152 Å². The number of hydrogen-bond donors (Lipinski definition) is 2. The average molecular weight is 387 g/mol. The van der Waals surface area contributed by atoms with Gasteiger partial charge in [-0.15, -0.1) is 0 Å². The van der Waals surface area contributed by atoms with Crippen molar-refractivity contribution in [3.05, 3.63) is 29.8 Å². The van der Waals surface area contributed by atoms with Gasteiger partial charge < -0.3 is 10.6 Å². The molecule has 2 atom stereocenters. The summed E-state index contributed by atoms with van der Waals surface area (Å²) in [6.07, 6.45) is 3.19. The number of rotatable bonds is 5. The Bertz CT molecular complexity index is 767. The molecule has 2 fully saturated rings. The zero-order valence-corrected chi connectivity index (χ0v) is 15.2. The lowest BCUT2D eigenvalue weighted by molar-refractivity contribution is -0.123. The Morgan fingerprint density at radius 1 is 1.27 bits per heavy atom. The van der Waals surface area contributed by atoms with Gasteiger partial charge in [-0.05, 0) is 50.3 Å². The molecular weight excluding hydrogens is 364 g/mol. The normalized spacial score (nSPS) is 24.5. The fraction of sp³-hybridized carbons (Fsp3) is 0.588. The van der Waals surface area contributed by atoms with Crippen molar-refractivity contribution in [1.29, 1.82) is 0 Å². The topological polar surface area (TPSA) is 78.5 Å². The minimum atomic E-state index is -4.03. The summed E-state index contributed by atoms with van der Waals surface area (Å²) in [4.78, 5) is 11.6. The van der Waals surface area contributed by atoms with E-state index in [1.807, 2.05) is 0 Å². The monoisotopic (exact) mass is 387 g/mol. The summed E-state index contributed by atoms with van der Waals surface area (Å²) in [6.45, 7) is 1.71. The molecule has 2 saturated heterocycles. The van der Waals surface area contributed by atoms with E-state index in [-0.39, 0.29) is 31.0 Å². The first-order chi connectivity index (χ1) is 12.4. The van der Waals surface area contributed by atoms with Gasteiger partial charge in [0.2, 0.25) is 15.9 Å². The number of piperidine rings is 1. The van der Waals surface area contributed by atoms with Crippen molar-refractivity contribution in [1.82, 2.24) is 14.9 Å². The Morgan fingerprint density at radius 2 is 2.08 bits per heavy atom. The first kappa shape index (κ1) is 19.2. The lowest BCUT2D eigenvalue weighted by Gasteiger charge is -2.32. The molecule has 3 rings (SSSR count). The van der Waals surface area contributed by atoms with Crippen LogP contribution in [-0.4, -0.2) is 50.9 Å². The molecule has 0 radical (unpaired) electrons. The predicted octanol–water partition coefficient (Wildman–Crippen LogP) is 1.23. The zero-order valence-electron chi connectivity index (χ0n) is 14.4. The Hall–Kier alpha value is -1.58. The Balaban J connectivity index is 1.62. The van der Waals surface area contributed by atoms with Gasteiger partial charge in [0.25, 0.3) is 0 Å². The number of amides is 1. The van der Waals surface area contributed by atoms with Crippen molar-refractivity contribution in [3.8, 4) is 0 Å².